The molecule has 0 aliphatic rings. The molecule has 1 N–H and O–H groups in total. The lowest BCUT2D eigenvalue weighted by atomic mass is 10.1. The number of aromatic nitrogens is 4. The quantitative estimate of drug-likeness (QED) is 0.516. The van der Waals surface area contributed by atoms with Crippen molar-refractivity contribution >= 4 is 17.2 Å². The van der Waals surface area contributed by atoms with Crippen LogP contribution in [0.1, 0.15) is 11.1 Å². The second kappa shape index (κ2) is 8.31. The summed E-state index contributed by atoms with van der Waals surface area (Å²) in [6.07, 6.45) is 2.93. The first-order valence-corrected chi connectivity index (χ1v) is 9.58. The van der Waals surface area contributed by atoms with E-state index >= 15 is 0 Å². The molecule has 31 heavy (non-hydrogen) atoms. The molecule has 0 aliphatic carbocycles. The Kier molecular flexibility index (Phi) is 5.40. The number of fused-ring (bicyclic) bond motifs is 1. The molecule has 2 aromatic carbocycles. The predicted octanol–water partition coefficient (Wildman–Crippen LogP) is 2.95. The van der Waals surface area contributed by atoms with Gasteiger partial charge in [-0.1, -0.05) is 18.2 Å². The number of carbonyl (C=O) groups excluding carboxylic acids is 1. The van der Waals surface area contributed by atoms with Gasteiger partial charge in [0, 0.05) is 12.4 Å². The van der Waals surface area contributed by atoms with Crippen LogP contribution < -0.4 is 20.5 Å². The zero-order valence-corrected chi connectivity index (χ0v) is 17.3. The average Bonchev–Trinajstić information content (AvgIpc) is 3.04. The lowest BCUT2D eigenvalue weighted by molar-refractivity contribution is -0.117. The first kappa shape index (κ1) is 20.1. The molecule has 0 aliphatic heterocycles. The maximum atomic E-state index is 12.7. The van der Waals surface area contributed by atoms with E-state index in [0.717, 1.165) is 15.8 Å². The third-order valence-electron chi connectivity index (χ3n) is 4.55. The van der Waals surface area contributed by atoms with Crippen LogP contribution in [0.4, 0.5) is 5.69 Å². The van der Waals surface area contributed by atoms with Crippen molar-refractivity contribution in [3.63, 3.8) is 0 Å². The summed E-state index contributed by atoms with van der Waals surface area (Å²) >= 11 is 0. The molecular weight excluding hydrogens is 398 g/mol. The van der Waals surface area contributed by atoms with Crippen LogP contribution in [0.25, 0.3) is 5.65 Å². The first-order chi connectivity index (χ1) is 14.9. The van der Waals surface area contributed by atoms with Crippen molar-refractivity contribution in [1.29, 1.82) is 0 Å². The Bertz CT molecular complexity index is 1300. The van der Waals surface area contributed by atoms with Crippen LogP contribution in [0.3, 0.4) is 0 Å². The van der Waals surface area contributed by atoms with Gasteiger partial charge in [-0.05, 0) is 49.2 Å². The Balaban J connectivity index is 1.61. The summed E-state index contributed by atoms with van der Waals surface area (Å²) in [4.78, 5) is 29.4. The van der Waals surface area contributed by atoms with Crippen LogP contribution in [0.2, 0.25) is 0 Å². The normalized spacial score (nSPS) is 10.8. The monoisotopic (exact) mass is 419 g/mol. The van der Waals surface area contributed by atoms with E-state index in [1.54, 1.807) is 24.3 Å². The van der Waals surface area contributed by atoms with Crippen molar-refractivity contribution in [2.24, 2.45) is 0 Å². The summed E-state index contributed by atoms with van der Waals surface area (Å²) in [5, 5.41) is 6.99. The van der Waals surface area contributed by atoms with Crippen molar-refractivity contribution in [2.75, 3.05) is 12.4 Å². The van der Waals surface area contributed by atoms with Crippen molar-refractivity contribution in [3.8, 4) is 17.4 Å². The number of carbonyl (C=O) groups is 1. The van der Waals surface area contributed by atoms with Gasteiger partial charge < -0.3 is 14.8 Å². The van der Waals surface area contributed by atoms with Gasteiger partial charge in [0.25, 0.3) is 5.88 Å². The summed E-state index contributed by atoms with van der Waals surface area (Å²) in [5.41, 5.74) is 2.33. The maximum Gasteiger partial charge on any atom is 0.351 e. The van der Waals surface area contributed by atoms with Crippen molar-refractivity contribution < 1.29 is 14.3 Å². The molecule has 0 atom stereocenters. The number of hydrogen-bond donors (Lipinski definition) is 1. The number of methoxy groups -OCH3 is 1. The van der Waals surface area contributed by atoms with Gasteiger partial charge in [0.1, 0.15) is 18.0 Å². The highest BCUT2D eigenvalue weighted by atomic mass is 16.5. The Morgan fingerprint density at radius 1 is 1.13 bits per heavy atom. The molecule has 0 unspecified atom stereocenters. The van der Waals surface area contributed by atoms with Gasteiger partial charge in [-0.2, -0.15) is 0 Å². The van der Waals surface area contributed by atoms with Crippen LogP contribution in [-0.2, 0) is 11.3 Å². The van der Waals surface area contributed by atoms with Crippen molar-refractivity contribution in [2.45, 2.75) is 20.4 Å². The Morgan fingerprint density at radius 2 is 1.87 bits per heavy atom. The zero-order valence-electron chi connectivity index (χ0n) is 17.3. The summed E-state index contributed by atoms with van der Waals surface area (Å²) in [6, 6.07) is 12.8. The SMILES string of the molecule is COc1ccccc1NC(=O)Cn1nc2c(Oc3cc(C)cc(C)c3)nccn2c1=O. The third-order valence-corrected chi connectivity index (χ3v) is 4.55. The fourth-order valence-electron chi connectivity index (χ4n) is 3.28. The molecule has 158 valence electrons. The Morgan fingerprint density at radius 3 is 2.61 bits per heavy atom. The lowest BCUT2D eigenvalue weighted by Gasteiger charge is -2.09. The summed E-state index contributed by atoms with van der Waals surface area (Å²) < 4.78 is 13.5. The summed E-state index contributed by atoms with van der Waals surface area (Å²) in [6.45, 7) is 3.66. The van der Waals surface area contributed by atoms with E-state index in [1.165, 1.54) is 23.9 Å². The molecule has 2 aromatic heterocycles. The lowest BCUT2D eigenvalue weighted by Crippen LogP contribution is -2.28. The van der Waals surface area contributed by atoms with E-state index in [-0.39, 0.29) is 18.1 Å². The van der Waals surface area contributed by atoms with Crippen molar-refractivity contribution in [1.82, 2.24) is 19.2 Å². The molecule has 0 fully saturated rings. The zero-order chi connectivity index (χ0) is 22.0. The number of nitrogens with one attached hydrogen (secondary N) is 1. The smallest absolute Gasteiger partial charge is 0.351 e. The van der Waals surface area contributed by atoms with Gasteiger partial charge in [-0.15, -0.1) is 5.10 Å². The molecule has 9 heteroatoms. The van der Waals surface area contributed by atoms with Gasteiger partial charge in [0.15, 0.2) is 0 Å². The van der Waals surface area contributed by atoms with E-state index in [2.05, 4.69) is 15.4 Å². The predicted molar refractivity (Wildman–Crippen MR) is 115 cm³/mol. The second-order valence-corrected chi connectivity index (χ2v) is 7.04. The number of aryl methyl sites for hydroxylation is 2. The minimum absolute atomic E-state index is 0.175. The van der Waals surface area contributed by atoms with Crippen LogP contribution in [0.15, 0.2) is 59.7 Å². The maximum absolute atomic E-state index is 12.7. The van der Waals surface area contributed by atoms with E-state index < -0.39 is 11.6 Å². The number of para-hydroxylation sites is 2. The third kappa shape index (κ3) is 4.25. The molecule has 0 spiro atoms. The molecule has 0 radical (unpaired) electrons. The van der Waals surface area contributed by atoms with Gasteiger partial charge in [-0.3, -0.25) is 4.79 Å². The minimum Gasteiger partial charge on any atom is -0.495 e. The van der Waals surface area contributed by atoms with Gasteiger partial charge >= 0.3 is 5.69 Å². The number of anilines is 1. The second-order valence-electron chi connectivity index (χ2n) is 7.04. The standard InChI is InChI=1S/C22H21N5O4/c1-14-10-15(2)12-16(11-14)31-21-20-25-27(22(29)26(20)9-8-23-21)13-19(28)24-17-6-4-5-7-18(17)30-3/h4-12H,13H2,1-3H3,(H,24,28). The molecule has 1 amide bonds. The van der Waals surface area contributed by atoms with Crippen LogP contribution >= 0.6 is 0 Å². The van der Waals surface area contributed by atoms with E-state index in [1.807, 2.05) is 32.0 Å². The highest BCUT2D eigenvalue weighted by molar-refractivity contribution is 5.92. The van der Waals surface area contributed by atoms with Crippen LogP contribution in [0.5, 0.6) is 17.4 Å². The average molecular weight is 419 g/mol. The Labute approximate surface area is 177 Å². The number of hydrogen-bond acceptors (Lipinski definition) is 6. The minimum atomic E-state index is -0.474. The topological polar surface area (TPSA) is 99.8 Å². The van der Waals surface area contributed by atoms with Crippen LogP contribution in [-0.4, -0.2) is 32.2 Å². The molecular formula is C22H21N5O4. The number of rotatable bonds is 6. The summed E-state index contributed by atoms with van der Waals surface area (Å²) in [5.74, 6) is 0.869. The highest BCUT2D eigenvalue weighted by Crippen LogP contribution is 2.25. The highest BCUT2D eigenvalue weighted by Gasteiger charge is 2.16. The van der Waals surface area contributed by atoms with Crippen molar-refractivity contribution in [3.05, 3.63) is 76.5 Å². The number of ether oxygens (including phenoxy) is 2. The molecule has 0 bridgehead atoms. The number of amides is 1. The first-order valence-electron chi connectivity index (χ1n) is 9.58. The molecule has 2 heterocycles. The Hall–Kier alpha value is -4.14. The molecule has 4 aromatic rings. The number of benzene rings is 2. The fourth-order valence-corrected chi connectivity index (χ4v) is 3.28. The largest absolute Gasteiger partial charge is 0.495 e. The van der Waals surface area contributed by atoms with Crippen LogP contribution in [0, 0.1) is 13.8 Å². The molecule has 0 saturated carbocycles. The molecule has 4 rings (SSSR count). The van der Waals surface area contributed by atoms with Gasteiger partial charge in [-0.25, -0.2) is 18.9 Å². The molecule has 9 nitrogen and oxygen atoms in total. The summed E-state index contributed by atoms with van der Waals surface area (Å²) in [7, 11) is 1.52. The molecule has 0 saturated heterocycles. The van der Waals surface area contributed by atoms with E-state index in [0.29, 0.717) is 17.2 Å². The number of nitrogens with zero attached hydrogens (tertiary/aromatic N) is 4. The fraction of sp³-hybridized carbons (Fsp3) is 0.182. The van der Waals surface area contributed by atoms with Gasteiger partial charge in [0.2, 0.25) is 11.6 Å². The van der Waals surface area contributed by atoms with Gasteiger partial charge in [0.05, 0.1) is 12.8 Å². The van der Waals surface area contributed by atoms with E-state index in [9.17, 15) is 9.59 Å². The van der Waals surface area contributed by atoms with E-state index in [4.69, 9.17) is 9.47 Å².